The molecule has 38 heavy (non-hydrogen) atoms. The summed E-state index contributed by atoms with van der Waals surface area (Å²) < 4.78 is 55.7. The van der Waals surface area contributed by atoms with Gasteiger partial charge in [0.25, 0.3) is 0 Å². The van der Waals surface area contributed by atoms with Crippen LogP contribution in [0.1, 0.15) is 5.56 Å². The Bertz CT molecular complexity index is 1460. The Labute approximate surface area is 233 Å². The number of carbonyl (C=O) groups is 1. The lowest BCUT2D eigenvalue weighted by atomic mass is 10.2. The average molecular weight is 594 g/mol. The minimum Gasteiger partial charge on any atom is -0.354 e. The molecule has 0 saturated carbocycles. The van der Waals surface area contributed by atoms with Crippen molar-refractivity contribution in [1.29, 1.82) is 0 Å². The SMILES string of the molecule is O=C(NCCSCc1cccc(Cl)c1)[C@@H]1CN(S(=O)(=O)c2ccccc2)CCN1S(=O)(=O)c1ccccc1. The van der Waals surface area contributed by atoms with Gasteiger partial charge in [0.15, 0.2) is 0 Å². The van der Waals surface area contributed by atoms with E-state index in [4.69, 9.17) is 11.6 Å². The Morgan fingerprint density at radius 2 is 1.50 bits per heavy atom. The summed E-state index contributed by atoms with van der Waals surface area (Å²) >= 11 is 7.62. The second kappa shape index (κ2) is 12.6. The van der Waals surface area contributed by atoms with Gasteiger partial charge >= 0.3 is 0 Å². The van der Waals surface area contributed by atoms with Crippen molar-refractivity contribution in [1.82, 2.24) is 13.9 Å². The van der Waals surface area contributed by atoms with Crippen molar-refractivity contribution in [3.05, 3.63) is 95.5 Å². The van der Waals surface area contributed by atoms with E-state index in [1.54, 1.807) is 54.2 Å². The van der Waals surface area contributed by atoms with Gasteiger partial charge in [-0.05, 0) is 42.0 Å². The van der Waals surface area contributed by atoms with Crippen LogP contribution in [0.3, 0.4) is 0 Å². The topological polar surface area (TPSA) is 104 Å². The van der Waals surface area contributed by atoms with Crippen molar-refractivity contribution in [2.75, 3.05) is 31.9 Å². The predicted molar refractivity (Wildman–Crippen MR) is 150 cm³/mol. The number of sulfonamides is 2. The Morgan fingerprint density at radius 3 is 2.13 bits per heavy atom. The van der Waals surface area contributed by atoms with Crippen LogP contribution in [0.4, 0.5) is 0 Å². The van der Waals surface area contributed by atoms with Gasteiger partial charge in [0, 0.05) is 42.7 Å². The van der Waals surface area contributed by atoms with E-state index < -0.39 is 32.0 Å². The molecule has 1 aliphatic heterocycles. The van der Waals surface area contributed by atoms with E-state index in [9.17, 15) is 21.6 Å². The van der Waals surface area contributed by atoms with E-state index in [2.05, 4.69) is 5.32 Å². The van der Waals surface area contributed by atoms with Crippen molar-refractivity contribution in [2.45, 2.75) is 21.6 Å². The molecular formula is C26H28ClN3O5S3. The Morgan fingerprint density at radius 1 is 0.868 bits per heavy atom. The van der Waals surface area contributed by atoms with Gasteiger partial charge in [-0.15, -0.1) is 0 Å². The molecule has 0 radical (unpaired) electrons. The lowest BCUT2D eigenvalue weighted by molar-refractivity contribution is -0.125. The molecule has 12 heteroatoms. The molecule has 4 rings (SSSR count). The number of hydrogen-bond acceptors (Lipinski definition) is 6. The summed E-state index contributed by atoms with van der Waals surface area (Å²) in [6.45, 7) is -0.205. The van der Waals surface area contributed by atoms with Crippen LogP contribution in [-0.4, -0.2) is 69.3 Å². The first-order valence-electron chi connectivity index (χ1n) is 11.9. The molecule has 0 spiro atoms. The highest BCUT2D eigenvalue weighted by Crippen LogP contribution is 2.25. The molecule has 1 amide bonds. The van der Waals surface area contributed by atoms with E-state index in [-0.39, 0.29) is 29.4 Å². The quantitative estimate of drug-likeness (QED) is 0.361. The predicted octanol–water partition coefficient (Wildman–Crippen LogP) is 3.45. The molecule has 0 unspecified atom stereocenters. The molecule has 1 N–H and O–H groups in total. The summed E-state index contributed by atoms with van der Waals surface area (Å²) in [7, 11) is -7.94. The largest absolute Gasteiger partial charge is 0.354 e. The van der Waals surface area contributed by atoms with Gasteiger partial charge in [-0.25, -0.2) is 16.8 Å². The number of piperazine rings is 1. The van der Waals surface area contributed by atoms with Crippen LogP contribution in [0.2, 0.25) is 5.02 Å². The molecule has 1 saturated heterocycles. The smallest absolute Gasteiger partial charge is 0.243 e. The molecule has 0 aromatic heterocycles. The molecular weight excluding hydrogens is 566 g/mol. The number of thioether (sulfide) groups is 1. The first kappa shape index (κ1) is 28.6. The monoisotopic (exact) mass is 593 g/mol. The van der Waals surface area contributed by atoms with Gasteiger partial charge in [0.2, 0.25) is 26.0 Å². The van der Waals surface area contributed by atoms with Gasteiger partial charge in [-0.3, -0.25) is 4.79 Å². The number of nitrogens with zero attached hydrogens (tertiary/aromatic N) is 2. The van der Waals surface area contributed by atoms with E-state index in [0.29, 0.717) is 23.1 Å². The van der Waals surface area contributed by atoms with Crippen LogP contribution in [0, 0.1) is 0 Å². The minimum atomic E-state index is -4.03. The average Bonchev–Trinajstić information content (AvgIpc) is 2.93. The number of nitrogens with one attached hydrogen (secondary N) is 1. The summed E-state index contributed by atoms with van der Waals surface area (Å²) in [6.07, 6.45) is 0. The van der Waals surface area contributed by atoms with Crippen LogP contribution >= 0.6 is 23.4 Å². The lowest BCUT2D eigenvalue weighted by Crippen LogP contribution is -2.61. The van der Waals surface area contributed by atoms with Gasteiger partial charge in [-0.2, -0.15) is 20.4 Å². The van der Waals surface area contributed by atoms with Gasteiger partial charge in [-0.1, -0.05) is 60.1 Å². The van der Waals surface area contributed by atoms with E-state index in [0.717, 1.165) is 9.87 Å². The first-order chi connectivity index (χ1) is 18.2. The second-order valence-electron chi connectivity index (χ2n) is 8.59. The molecule has 0 bridgehead atoms. The Hall–Kier alpha value is -2.41. The third kappa shape index (κ3) is 6.77. The molecule has 3 aromatic rings. The summed E-state index contributed by atoms with van der Waals surface area (Å²) in [6, 6.07) is 22.1. The lowest BCUT2D eigenvalue weighted by Gasteiger charge is -2.38. The van der Waals surface area contributed by atoms with Crippen LogP contribution in [0.5, 0.6) is 0 Å². The molecule has 202 valence electrons. The molecule has 3 aromatic carbocycles. The zero-order valence-electron chi connectivity index (χ0n) is 20.4. The van der Waals surface area contributed by atoms with Crippen molar-refractivity contribution in [3.8, 4) is 0 Å². The van der Waals surface area contributed by atoms with Crippen LogP contribution in [-0.2, 0) is 30.6 Å². The number of hydrogen-bond donors (Lipinski definition) is 1. The number of rotatable bonds is 10. The van der Waals surface area contributed by atoms with Gasteiger partial charge < -0.3 is 5.32 Å². The molecule has 8 nitrogen and oxygen atoms in total. The number of amides is 1. The van der Waals surface area contributed by atoms with E-state index in [1.807, 2.05) is 18.2 Å². The first-order valence-corrected chi connectivity index (χ1v) is 16.3. The Kier molecular flexibility index (Phi) is 9.50. The molecule has 1 heterocycles. The van der Waals surface area contributed by atoms with Crippen LogP contribution in [0.15, 0.2) is 94.7 Å². The van der Waals surface area contributed by atoms with Crippen molar-refractivity contribution >= 4 is 49.3 Å². The molecule has 0 aliphatic carbocycles. The third-order valence-electron chi connectivity index (χ3n) is 6.03. The summed E-state index contributed by atoms with van der Waals surface area (Å²) in [5, 5.41) is 3.46. The second-order valence-corrected chi connectivity index (χ2v) is 14.0. The summed E-state index contributed by atoms with van der Waals surface area (Å²) in [5.74, 6) is 0.751. The number of halogens is 1. The van der Waals surface area contributed by atoms with E-state index in [1.165, 1.54) is 28.6 Å². The summed E-state index contributed by atoms with van der Waals surface area (Å²) in [4.78, 5) is 13.5. The molecule has 1 atom stereocenters. The van der Waals surface area contributed by atoms with Crippen LogP contribution < -0.4 is 5.32 Å². The van der Waals surface area contributed by atoms with Gasteiger partial charge in [0.05, 0.1) is 9.79 Å². The number of benzene rings is 3. The normalized spacial score (nSPS) is 17.2. The zero-order valence-corrected chi connectivity index (χ0v) is 23.6. The fourth-order valence-electron chi connectivity index (χ4n) is 4.11. The molecule has 1 aliphatic rings. The van der Waals surface area contributed by atoms with E-state index >= 15 is 0 Å². The van der Waals surface area contributed by atoms with Crippen LogP contribution in [0.25, 0.3) is 0 Å². The molecule has 1 fully saturated rings. The summed E-state index contributed by atoms with van der Waals surface area (Å²) in [5.41, 5.74) is 1.06. The van der Waals surface area contributed by atoms with Gasteiger partial charge in [0.1, 0.15) is 6.04 Å². The Balaban J connectivity index is 1.48. The number of carbonyl (C=O) groups excluding carboxylic acids is 1. The third-order valence-corrected chi connectivity index (χ3v) is 11.1. The van der Waals surface area contributed by atoms with Crippen molar-refractivity contribution in [2.24, 2.45) is 0 Å². The fourth-order valence-corrected chi connectivity index (χ4v) is 8.18. The maximum Gasteiger partial charge on any atom is 0.243 e. The standard InChI is InChI=1S/C26H28ClN3O5S3/c27-22-9-7-8-21(18-22)20-36-17-14-28-26(31)25-19-29(37(32,33)23-10-3-1-4-11-23)15-16-30(25)38(34,35)24-12-5-2-6-13-24/h1-13,18,25H,14-17,19-20H2,(H,28,31)/t25-/m0/s1. The van der Waals surface area contributed by atoms with Crippen molar-refractivity contribution < 1.29 is 21.6 Å². The minimum absolute atomic E-state index is 0.0502. The van der Waals surface area contributed by atoms with Crippen molar-refractivity contribution in [3.63, 3.8) is 0 Å². The zero-order chi connectivity index (χ0) is 27.2. The fraction of sp³-hybridized carbons (Fsp3) is 0.269. The highest BCUT2D eigenvalue weighted by atomic mass is 35.5. The maximum absolute atomic E-state index is 13.5. The maximum atomic E-state index is 13.5. The highest BCUT2D eigenvalue weighted by Gasteiger charge is 2.43. The highest BCUT2D eigenvalue weighted by molar-refractivity contribution is 7.98.